The van der Waals surface area contributed by atoms with Crippen molar-refractivity contribution < 1.29 is 19.0 Å². The number of ether oxygens (including phenoxy) is 3. The molecule has 0 heterocycles. The van der Waals surface area contributed by atoms with Crippen LogP contribution in [0.25, 0.3) is 10.8 Å². The fourth-order valence-corrected chi connectivity index (χ4v) is 4.76. The Morgan fingerprint density at radius 3 is 2.18 bits per heavy atom. The lowest BCUT2D eigenvalue weighted by Gasteiger charge is -2.14. The van der Waals surface area contributed by atoms with Crippen molar-refractivity contribution in [3.8, 4) is 11.5 Å². The normalized spacial score (nSPS) is 11.9. The van der Waals surface area contributed by atoms with Gasteiger partial charge in [0.1, 0.15) is 18.1 Å². The molecule has 0 aromatic heterocycles. The molecule has 4 heteroatoms. The monoisotopic (exact) mass is 532 g/mol. The van der Waals surface area contributed by atoms with E-state index in [1.807, 2.05) is 49.4 Å². The van der Waals surface area contributed by atoms with Gasteiger partial charge in [0.05, 0.1) is 18.3 Å². The summed E-state index contributed by atoms with van der Waals surface area (Å²) in [6, 6.07) is 19.8. The molecular formula is C35H48O4. The minimum Gasteiger partial charge on any atom is -0.494 e. The first-order valence-corrected chi connectivity index (χ1v) is 15.2. The van der Waals surface area contributed by atoms with Gasteiger partial charge in [0.15, 0.2) is 0 Å². The van der Waals surface area contributed by atoms with Crippen LogP contribution in [0, 0.1) is 0 Å². The number of fused-ring (bicyclic) bond motifs is 1. The molecule has 0 saturated carbocycles. The van der Waals surface area contributed by atoms with Gasteiger partial charge in [-0.1, -0.05) is 95.9 Å². The van der Waals surface area contributed by atoms with E-state index in [1.165, 1.54) is 57.8 Å². The lowest BCUT2D eigenvalue weighted by atomic mass is 10.1. The molecule has 0 aliphatic heterocycles. The molecule has 3 rings (SSSR count). The quantitative estimate of drug-likeness (QED) is 0.114. The SMILES string of the molecule is CCCCCCCCCOc1ccc2c(OCc3ccc(C(=O)O[C@H](C)CCCCCC)cc3)cccc2c1. The number of rotatable bonds is 19. The Hall–Kier alpha value is -3.01. The highest BCUT2D eigenvalue weighted by molar-refractivity contribution is 5.90. The summed E-state index contributed by atoms with van der Waals surface area (Å²) >= 11 is 0. The molecule has 0 aliphatic rings. The molecule has 0 radical (unpaired) electrons. The lowest BCUT2D eigenvalue weighted by Crippen LogP contribution is -2.15. The fourth-order valence-electron chi connectivity index (χ4n) is 4.76. The van der Waals surface area contributed by atoms with Crippen LogP contribution in [0.2, 0.25) is 0 Å². The van der Waals surface area contributed by atoms with Crippen LogP contribution >= 0.6 is 0 Å². The Labute approximate surface area is 236 Å². The van der Waals surface area contributed by atoms with Crippen molar-refractivity contribution in [2.24, 2.45) is 0 Å². The summed E-state index contributed by atoms with van der Waals surface area (Å²) in [7, 11) is 0. The molecule has 3 aromatic carbocycles. The average molecular weight is 533 g/mol. The maximum Gasteiger partial charge on any atom is 0.338 e. The smallest absolute Gasteiger partial charge is 0.338 e. The van der Waals surface area contributed by atoms with Crippen LogP contribution in [0.4, 0.5) is 0 Å². The van der Waals surface area contributed by atoms with Crippen molar-refractivity contribution in [2.75, 3.05) is 6.61 Å². The number of carbonyl (C=O) groups is 1. The molecular weight excluding hydrogens is 484 g/mol. The first-order chi connectivity index (χ1) is 19.1. The number of hydrogen-bond acceptors (Lipinski definition) is 4. The van der Waals surface area contributed by atoms with Gasteiger partial charge in [-0.15, -0.1) is 0 Å². The molecule has 0 amide bonds. The molecule has 0 saturated heterocycles. The summed E-state index contributed by atoms with van der Waals surface area (Å²) in [6.45, 7) is 7.62. The number of benzene rings is 3. The predicted octanol–water partition coefficient (Wildman–Crippen LogP) is 10.1. The van der Waals surface area contributed by atoms with E-state index < -0.39 is 0 Å². The maximum atomic E-state index is 12.5. The van der Waals surface area contributed by atoms with E-state index in [-0.39, 0.29) is 12.1 Å². The van der Waals surface area contributed by atoms with Gasteiger partial charge in [-0.05, 0) is 73.5 Å². The van der Waals surface area contributed by atoms with Crippen LogP contribution in [-0.4, -0.2) is 18.7 Å². The molecule has 39 heavy (non-hydrogen) atoms. The van der Waals surface area contributed by atoms with E-state index in [4.69, 9.17) is 14.2 Å². The number of esters is 1. The van der Waals surface area contributed by atoms with Crippen molar-refractivity contribution in [3.63, 3.8) is 0 Å². The second kappa shape index (κ2) is 17.6. The van der Waals surface area contributed by atoms with Gasteiger partial charge in [0.25, 0.3) is 0 Å². The molecule has 3 aromatic rings. The molecule has 0 fully saturated rings. The molecule has 1 atom stereocenters. The van der Waals surface area contributed by atoms with Crippen molar-refractivity contribution in [1.82, 2.24) is 0 Å². The first kappa shape index (κ1) is 30.5. The third-order valence-corrected chi connectivity index (χ3v) is 7.18. The minimum atomic E-state index is -0.260. The summed E-state index contributed by atoms with van der Waals surface area (Å²) in [5.74, 6) is 1.49. The Kier molecular flexibility index (Phi) is 13.7. The summed E-state index contributed by atoms with van der Waals surface area (Å²) in [6.07, 6.45) is 14.5. The van der Waals surface area contributed by atoms with Crippen molar-refractivity contribution in [3.05, 3.63) is 71.8 Å². The van der Waals surface area contributed by atoms with Gasteiger partial charge in [0, 0.05) is 5.39 Å². The Balaban J connectivity index is 1.45. The highest BCUT2D eigenvalue weighted by Gasteiger charge is 2.12. The van der Waals surface area contributed by atoms with Crippen LogP contribution in [0.3, 0.4) is 0 Å². The highest BCUT2D eigenvalue weighted by Crippen LogP contribution is 2.29. The predicted molar refractivity (Wildman–Crippen MR) is 162 cm³/mol. The van der Waals surface area contributed by atoms with E-state index in [9.17, 15) is 4.79 Å². The van der Waals surface area contributed by atoms with Gasteiger partial charge < -0.3 is 14.2 Å². The summed E-state index contributed by atoms with van der Waals surface area (Å²) < 4.78 is 17.8. The molecule has 0 unspecified atom stereocenters. The zero-order chi connectivity index (χ0) is 27.7. The molecule has 0 N–H and O–H groups in total. The van der Waals surface area contributed by atoms with E-state index in [0.717, 1.165) is 53.7 Å². The van der Waals surface area contributed by atoms with Crippen LogP contribution in [0.15, 0.2) is 60.7 Å². The van der Waals surface area contributed by atoms with Crippen LogP contribution in [0.5, 0.6) is 11.5 Å². The molecule has 0 bridgehead atoms. The van der Waals surface area contributed by atoms with Crippen molar-refractivity contribution in [2.45, 2.75) is 111 Å². The average Bonchev–Trinajstić information content (AvgIpc) is 2.95. The molecule has 4 nitrogen and oxygen atoms in total. The molecule has 212 valence electrons. The van der Waals surface area contributed by atoms with Crippen molar-refractivity contribution >= 4 is 16.7 Å². The van der Waals surface area contributed by atoms with Gasteiger partial charge in [-0.2, -0.15) is 0 Å². The zero-order valence-corrected chi connectivity index (χ0v) is 24.4. The van der Waals surface area contributed by atoms with E-state index >= 15 is 0 Å². The number of carbonyl (C=O) groups excluding carboxylic acids is 1. The first-order valence-electron chi connectivity index (χ1n) is 15.2. The van der Waals surface area contributed by atoms with E-state index in [1.54, 1.807) is 0 Å². The second-order valence-corrected chi connectivity index (χ2v) is 10.7. The Morgan fingerprint density at radius 2 is 1.44 bits per heavy atom. The summed E-state index contributed by atoms with van der Waals surface area (Å²) in [4.78, 5) is 12.5. The van der Waals surface area contributed by atoms with Gasteiger partial charge in [-0.25, -0.2) is 4.79 Å². The number of unbranched alkanes of at least 4 members (excludes halogenated alkanes) is 9. The van der Waals surface area contributed by atoms with Crippen LogP contribution in [0.1, 0.15) is 114 Å². The van der Waals surface area contributed by atoms with E-state index in [0.29, 0.717) is 12.2 Å². The topological polar surface area (TPSA) is 44.8 Å². The zero-order valence-electron chi connectivity index (χ0n) is 24.4. The standard InChI is InChI=1S/C35H48O4/c1-4-6-8-10-11-12-14-25-37-32-23-24-33-31(26-32)17-15-18-34(33)38-27-29-19-21-30(22-20-29)35(36)39-28(3)16-13-9-7-5-2/h15,17-24,26,28H,4-14,16,25,27H2,1-3H3/t28-/m1/s1. The maximum absolute atomic E-state index is 12.5. The largest absolute Gasteiger partial charge is 0.494 e. The minimum absolute atomic E-state index is 0.0602. The van der Waals surface area contributed by atoms with Gasteiger partial charge in [0.2, 0.25) is 0 Å². The van der Waals surface area contributed by atoms with Gasteiger partial charge >= 0.3 is 5.97 Å². The van der Waals surface area contributed by atoms with Crippen molar-refractivity contribution in [1.29, 1.82) is 0 Å². The summed E-state index contributed by atoms with van der Waals surface area (Å²) in [5, 5.41) is 2.17. The molecule has 0 aliphatic carbocycles. The second-order valence-electron chi connectivity index (χ2n) is 10.7. The van der Waals surface area contributed by atoms with Crippen LogP contribution in [-0.2, 0) is 11.3 Å². The van der Waals surface area contributed by atoms with Gasteiger partial charge in [-0.3, -0.25) is 0 Å². The number of hydrogen-bond donors (Lipinski definition) is 0. The van der Waals surface area contributed by atoms with Crippen LogP contribution < -0.4 is 9.47 Å². The fraction of sp³-hybridized carbons (Fsp3) is 0.514. The Morgan fingerprint density at radius 1 is 0.744 bits per heavy atom. The third kappa shape index (κ3) is 10.9. The molecule has 0 spiro atoms. The third-order valence-electron chi connectivity index (χ3n) is 7.18. The summed E-state index contributed by atoms with van der Waals surface area (Å²) in [5.41, 5.74) is 1.58. The highest BCUT2D eigenvalue weighted by atomic mass is 16.5. The Bertz CT molecular complexity index is 1110. The van der Waals surface area contributed by atoms with E-state index in [2.05, 4.69) is 32.0 Å². The lowest BCUT2D eigenvalue weighted by molar-refractivity contribution is 0.0319.